The van der Waals surface area contributed by atoms with Crippen LogP contribution >= 0.6 is 0 Å². The number of quaternary nitrogens is 1. The predicted octanol–water partition coefficient (Wildman–Crippen LogP) is 12.0. The van der Waals surface area contributed by atoms with E-state index in [1.807, 2.05) is 27.2 Å². The van der Waals surface area contributed by atoms with Crippen molar-refractivity contribution in [3.05, 3.63) is 72.9 Å². The van der Waals surface area contributed by atoms with Crippen LogP contribution in [0.2, 0.25) is 0 Å². The Labute approximate surface area is 342 Å². The average molecular weight is 785 g/mol. The van der Waals surface area contributed by atoms with E-state index in [1.54, 1.807) is 0 Å². The molecule has 0 saturated carbocycles. The lowest BCUT2D eigenvalue weighted by Gasteiger charge is -2.31. The summed E-state index contributed by atoms with van der Waals surface area (Å²) in [5, 5.41) is 9.61. The number of nitrogens with zero attached hydrogens (tertiary/aromatic N) is 1. The molecular formula is C48H82NO7+. The van der Waals surface area contributed by atoms with Gasteiger partial charge in [0.1, 0.15) is 6.61 Å². The summed E-state index contributed by atoms with van der Waals surface area (Å²) in [6.07, 6.45) is 48.0. The van der Waals surface area contributed by atoms with E-state index < -0.39 is 18.1 Å². The SMILES string of the molecule is CC/C=C/C=C/C=C/CCCCCCCC(=O)OC(COCCC(C(=O)O)[N+](C)(C)C)COC(=O)CCCCCCCCCCC/C=C/C/C=C/C/C=C/CC. The fourth-order valence-electron chi connectivity index (χ4n) is 6.05. The maximum Gasteiger partial charge on any atom is 0.362 e. The molecule has 2 atom stereocenters. The molecule has 0 aromatic heterocycles. The Morgan fingerprint density at radius 2 is 1.04 bits per heavy atom. The number of carboxylic acids is 1. The van der Waals surface area contributed by atoms with Gasteiger partial charge in [0.25, 0.3) is 0 Å². The quantitative estimate of drug-likeness (QED) is 0.0219. The number of rotatable bonds is 38. The highest BCUT2D eigenvalue weighted by atomic mass is 16.6. The molecule has 0 radical (unpaired) electrons. The van der Waals surface area contributed by atoms with Gasteiger partial charge in [-0.15, -0.1) is 0 Å². The highest BCUT2D eigenvalue weighted by Gasteiger charge is 2.31. The van der Waals surface area contributed by atoms with Gasteiger partial charge in [-0.25, -0.2) is 4.79 Å². The smallest absolute Gasteiger partial charge is 0.362 e. The molecule has 8 nitrogen and oxygen atoms in total. The van der Waals surface area contributed by atoms with E-state index in [2.05, 4.69) is 80.7 Å². The third kappa shape index (κ3) is 36.4. The molecule has 0 fully saturated rings. The topological polar surface area (TPSA) is 99.1 Å². The average Bonchev–Trinajstić information content (AvgIpc) is 3.15. The van der Waals surface area contributed by atoms with Gasteiger partial charge < -0.3 is 23.8 Å². The van der Waals surface area contributed by atoms with Crippen LogP contribution in [-0.4, -0.2) is 80.6 Å². The summed E-state index contributed by atoms with van der Waals surface area (Å²) in [6, 6.07) is -0.622. The van der Waals surface area contributed by atoms with E-state index in [0.29, 0.717) is 19.3 Å². The van der Waals surface area contributed by atoms with Gasteiger partial charge in [0.2, 0.25) is 0 Å². The Kier molecular flexibility index (Phi) is 36.4. The number of likely N-dealkylation sites (N-methyl/N-ethyl adjacent to an activating group) is 1. The second-order valence-corrected chi connectivity index (χ2v) is 15.6. The molecule has 0 spiro atoms. The van der Waals surface area contributed by atoms with Crippen molar-refractivity contribution in [2.45, 2.75) is 174 Å². The zero-order valence-electron chi connectivity index (χ0n) is 36.3. The van der Waals surface area contributed by atoms with Gasteiger partial charge >= 0.3 is 17.9 Å². The maximum atomic E-state index is 12.7. The van der Waals surface area contributed by atoms with Crippen molar-refractivity contribution in [2.75, 3.05) is 41.0 Å². The number of carboxylic acid groups (broad SMARTS) is 1. The Morgan fingerprint density at radius 3 is 1.59 bits per heavy atom. The summed E-state index contributed by atoms with van der Waals surface area (Å²) in [5.41, 5.74) is 0. The van der Waals surface area contributed by atoms with Crippen molar-refractivity contribution in [3.8, 4) is 0 Å². The van der Waals surface area contributed by atoms with E-state index in [-0.39, 0.29) is 36.2 Å². The van der Waals surface area contributed by atoms with Gasteiger partial charge in [0, 0.05) is 19.3 Å². The van der Waals surface area contributed by atoms with Crippen LogP contribution in [0.4, 0.5) is 0 Å². The van der Waals surface area contributed by atoms with Gasteiger partial charge in [-0.2, -0.15) is 0 Å². The molecule has 0 aliphatic heterocycles. The van der Waals surface area contributed by atoms with Crippen LogP contribution < -0.4 is 0 Å². The van der Waals surface area contributed by atoms with Crippen molar-refractivity contribution in [2.24, 2.45) is 0 Å². The first kappa shape index (κ1) is 52.8. The highest BCUT2D eigenvalue weighted by molar-refractivity contribution is 5.72. The van der Waals surface area contributed by atoms with Crippen LogP contribution in [0.5, 0.6) is 0 Å². The van der Waals surface area contributed by atoms with E-state index >= 15 is 0 Å². The summed E-state index contributed by atoms with van der Waals surface area (Å²) in [5.74, 6) is -1.51. The normalized spacial score (nSPS) is 13.7. The van der Waals surface area contributed by atoms with E-state index in [1.165, 1.54) is 38.5 Å². The predicted molar refractivity (Wildman–Crippen MR) is 233 cm³/mol. The Hall–Kier alpha value is -3.23. The van der Waals surface area contributed by atoms with Crippen LogP contribution in [0.25, 0.3) is 0 Å². The van der Waals surface area contributed by atoms with Crippen LogP contribution in [0.15, 0.2) is 72.9 Å². The first-order valence-corrected chi connectivity index (χ1v) is 22.0. The molecule has 0 bridgehead atoms. The van der Waals surface area contributed by atoms with Crippen molar-refractivity contribution >= 4 is 17.9 Å². The van der Waals surface area contributed by atoms with Gasteiger partial charge in [0.05, 0.1) is 34.4 Å². The summed E-state index contributed by atoms with van der Waals surface area (Å²) >= 11 is 0. The molecule has 0 aliphatic rings. The van der Waals surface area contributed by atoms with Crippen LogP contribution in [0, 0.1) is 0 Å². The van der Waals surface area contributed by atoms with Gasteiger partial charge in [-0.1, -0.05) is 151 Å². The van der Waals surface area contributed by atoms with Crippen molar-refractivity contribution < 1.29 is 38.2 Å². The number of hydrogen-bond acceptors (Lipinski definition) is 6. The molecule has 320 valence electrons. The number of ether oxygens (including phenoxy) is 3. The minimum Gasteiger partial charge on any atom is -0.477 e. The minimum atomic E-state index is -0.883. The zero-order valence-corrected chi connectivity index (χ0v) is 36.3. The molecule has 1 N–H and O–H groups in total. The second-order valence-electron chi connectivity index (χ2n) is 15.6. The molecule has 0 aromatic rings. The highest BCUT2D eigenvalue weighted by Crippen LogP contribution is 2.14. The van der Waals surface area contributed by atoms with Crippen LogP contribution in [0.3, 0.4) is 0 Å². The molecule has 0 saturated heterocycles. The number of carbonyl (C=O) groups is 3. The molecule has 56 heavy (non-hydrogen) atoms. The fourth-order valence-corrected chi connectivity index (χ4v) is 6.05. The Morgan fingerprint density at radius 1 is 0.554 bits per heavy atom. The third-order valence-electron chi connectivity index (χ3n) is 9.41. The lowest BCUT2D eigenvalue weighted by molar-refractivity contribution is -0.887. The summed E-state index contributed by atoms with van der Waals surface area (Å²) in [6.45, 7) is 4.45. The van der Waals surface area contributed by atoms with Crippen molar-refractivity contribution in [1.82, 2.24) is 0 Å². The van der Waals surface area contributed by atoms with Gasteiger partial charge in [-0.05, 0) is 64.2 Å². The maximum absolute atomic E-state index is 12.7. The summed E-state index contributed by atoms with van der Waals surface area (Å²) < 4.78 is 17.2. The molecule has 0 aromatic carbocycles. The standard InChI is InChI=1S/C48H81NO7/c1-6-8-10-12-14-16-18-20-21-22-23-24-25-27-28-30-32-34-36-38-46(50)55-43-44(42-54-41-40-45(48(52)53)49(3,4)5)56-47(51)39-37-35-33-31-29-26-19-17-15-13-11-9-7-2/h8-11,13-17,19-21,44-45H,6-7,12,18,22-43H2,1-5H3/p+1/b10-8+,11-9+,15-13+,16-14+,19-17+,21-20+. The number of allylic oxidation sites excluding steroid dienone is 12. The Balaban J connectivity index is 4.34. The summed E-state index contributed by atoms with van der Waals surface area (Å²) in [7, 11) is 5.51. The molecule has 0 amide bonds. The monoisotopic (exact) mass is 785 g/mol. The van der Waals surface area contributed by atoms with Crippen molar-refractivity contribution in [1.29, 1.82) is 0 Å². The number of aliphatic carboxylic acids is 1. The summed E-state index contributed by atoms with van der Waals surface area (Å²) in [4.78, 5) is 37.0. The van der Waals surface area contributed by atoms with E-state index in [0.717, 1.165) is 89.9 Å². The molecule has 8 heteroatoms. The minimum absolute atomic E-state index is 0.0474. The molecule has 0 heterocycles. The molecule has 0 aliphatic carbocycles. The lowest BCUT2D eigenvalue weighted by atomic mass is 10.1. The van der Waals surface area contributed by atoms with E-state index in [9.17, 15) is 19.5 Å². The lowest BCUT2D eigenvalue weighted by Crippen LogP contribution is -2.50. The van der Waals surface area contributed by atoms with E-state index in [4.69, 9.17) is 14.2 Å². The fraction of sp³-hybridized carbons (Fsp3) is 0.688. The second kappa shape index (κ2) is 38.6. The molecule has 0 rings (SSSR count). The zero-order chi connectivity index (χ0) is 41.4. The first-order chi connectivity index (χ1) is 27.1. The first-order valence-electron chi connectivity index (χ1n) is 22.0. The van der Waals surface area contributed by atoms with Crippen LogP contribution in [0.1, 0.15) is 162 Å². The molecular weight excluding hydrogens is 703 g/mol. The van der Waals surface area contributed by atoms with Gasteiger partial charge in [-0.3, -0.25) is 9.59 Å². The number of hydrogen-bond donors (Lipinski definition) is 1. The van der Waals surface area contributed by atoms with Gasteiger partial charge in [0.15, 0.2) is 12.1 Å². The number of esters is 2. The largest absolute Gasteiger partial charge is 0.477 e. The van der Waals surface area contributed by atoms with Crippen molar-refractivity contribution in [3.63, 3.8) is 0 Å². The molecule has 2 unspecified atom stereocenters. The van der Waals surface area contributed by atoms with Crippen LogP contribution in [-0.2, 0) is 28.6 Å². The number of unbranched alkanes of at least 4 members (excludes halogenated alkanes) is 14. The third-order valence-corrected chi connectivity index (χ3v) is 9.41. The number of carbonyl (C=O) groups excluding carboxylic acids is 2. The Bertz CT molecular complexity index is 1140.